The van der Waals surface area contributed by atoms with Crippen molar-refractivity contribution in [2.24, 2.45) is 0 Å². The molecule has 0 saturated heterocycles. The van der Waals surface area contributed by atoms with Gasteiger partial charge in [-0.05, 0) is 36.4 Å². The molecule has 3 aromatic rings. The van der Waals surface area contributed by atoms with Crippen molar-refractivity contribution in [3.05, 3.63) is 71.4 Å². The number of anilines is 1. The van der Waals surface area contributed by atoms with Crippen LogP contribution in [-0.4, -0.2) is 20.7 Å². The van der Waals surface area contributed by atoms with Crippen LogP contribution in [0.4, 0.5) is 10.1 Å². The molecule has 5 nitrogen and oxygen atoms in total. The Kier molecular flexibility index (Phi) is 3.84. The lowest BCUT2D eigenvalue weighted by atomic mass is 10.2. The van der Waals surface area contributed by atoms with Crippen LogP contribution in [0.5, 0.6) is 0 Å². The first-order valence-electron chi connectivity index (χ1n) is 6.36. The Balaban J connectivity index is 1.92. The summed E-state index contributed by atoms with van der Waals surface area (Å²) in [5, 5.41) is 6.83. The second-order valence-corrected chi connectivity index (χ2v) is 4.81. The van der Waals surface area contributed by atoms with E-state index >= 15 is 0 Å². The van der Waals surface area contributed by atoms with Crippen molar-refractivity contribution in [2.45, 2.75) is 0 Å². The van der Waals surface area contributed by atoms with Crippen molar-refractivity contribution in [3.8, 4) is 5.82 Å². The van der Waals surface area contributed by atoms with Crippen LogP contribution in [0.1, 0.15) is 10.4 Å². The van der Waals surface area contributed by atoms with Crippen molar-refractivity contribution in [1.29, 1.82) is 0 Å². The highest BCUT2D eigenvalue weighted by Crippen LogP contribution is 2.21. The molecule has 1 amide bonds. The summed E-state index contributed by atoms with van der Waals surface area (Å²) in [5.41, 5.74) is 0.648. The predicted octanol–water partition coefficient (Wildman–Crippen LogP) is 3.31. The Morgan fingerprint density at radius 1 is 1.23 bits per heavy atom. The molecule has 0 spiro atoms. The average molecular weight is 317 g/mol. The van der Waals surface area contributed by atoms with Gasteiger partial charge in [-0.25, -0.2) is 14.1 Å². The van der Waals surface area contributed by atoms with Crippen molar-refractivity contribution >= 4 is 23.2 Å². The third-order valence-corrected chi connectivity index (χ3v) is 3.24. The molecule has 0 aliphatic carbocycles. The summed E-state index contributed by atoms with van der Waals surface area (Å²) < 4.78 is 14.6. The van der Waals surface area contributed by atoms with Crippen LogP contribution in [0.3, 0.4) is 0 Å². The molecule has 2 aromatic heterocycles. The molecule has 7 heteroatoms. The number of benzene rings is 1. The van der Waals surface area contributed by atoms with Crippen LogP contribution in [-0.2, 0) is 0 Å². The van der Waals surface area contributed by atoms with E-state index in [9.17, 15) is 9.18 Å². The molecule has 0 aliphatic rings. The largest absolute Gasteiger partial charge is 0.319 e. The minimum atomic E-state index is -0.500. The molecule has 0 unspecified atom stereocenters. The maximum Gasteiger partial charge on any atom is 0.257 e. The van der Waals surface area contributed by atoms with Gasteiger partial charge < -0.3 is 5.32 Å². The molecule has 1 aromatic carbocycles. The topological polar surface area (TPSA) is 59.8 Å². The Labute approximate surface area is 130 Å². The summed E-state index contributed by atoms with van der Waals surface area (Å²) in [6, 6.07) is 8.73. The van der Waals surface area contributed by atoms with E-state index in [0.29, 0.717) is 11.5 Å². The number of nitrogens with one attached hydrogen (secondary N) is 1. The number of aromatic nitrogens is 3. The lowest BCUT2D eigenvalue weighted by Crippen LogP contribution is -2.15. The number of amides is 1. The number of carbonyl (C=O) groups excluding carboxylic acids is 1. The smallest absolute Gasteiger partial charge is 0.257 e. The van der Waals surface area contributed by atoms with Gasteiger partial charge in [0.25, 0.3) is 5.91 Å². The van der Waals surface area contributed by atoms with Crippen molar-refractivity contribution < 1.29 is 9.18 Å². The van der Waals surface area contributed by atoms with Gasteiger partial charge in [0.2, 0.25) is 0 Å². The van der Waals surface area contributed by atoms with Crippen LogP contribution in [0.15, 0.2) is 55.0 Å². The number of rotatable bonds is 3. The van der Waals surface area contributed by atoms with E-state index in [1.165, 1.54) is 16.8 Å². The van der Waals surface area contributed by atoms with E-state index in [4.69, 9.17) is 11.6 Å². The van der Waals surface area contributed by atoms with Gasteiger partial charge in [0.1, 0.15) is 5.82 Å². The van der Waals surface area contributed by atoms with E-state index in [1.807, 2.05) is 0 Å². The van der Waals surface area contributed by atoms with Crippen molar-refractivity contribution in [3.63, 3.8) is 0 Å². The number of hydrogen-bond acceptors (Lipinski definition) is 3. The van der Waals surface area contributed by atoms with E-state index in [1.54, 1.807) is 36.8 Å². The van der Waals surface area contributed by atoms with Crippen molar-refractivity contribution in [1.82, 2.24) is 14.8 Å². The zero-order chi connectivity index (χ0) is 15.5. The molecule has 3 rings (SSSR count). The SMILES string of the molecule is O=C(Nc1cccnc1-n1cccn1)c1ccc(F)cc1Cl. The Morgan fingerprint density at radius 2 is 2.09 bits per heavy atom. The summed E-state index contributed by atoms with van der Waals surface area (Å²) in [4.78, 5) is 16.5. The molecule has 2 heterocycles. The summed E-state index contributed by atoms with van der Waals surface area (Å²) in [6.45, 7) is 0. The summed E-state index contributed by atoms with van der Waals surface area (Å²) in [5.74, 6) is -0.481. The molecule has 110 valence electrons. The third kappa shape index (κ3) is 2.82. The number of carbonyl (C=O) groups is 1. The van der Waals surface area contributed by atoms with Gasteiger partial charge in [0, 0.05) is 18.6 Å². The maximum absolute atomic E-state index is 13.1. The van der Waals surface area contributed by atoms with E-state index in [0.717, 1.165) is 6.07 Å². The number of hydrogen-bond donors (Lipinski definition) is 1. The molecule has 0 bridgehead atoms. The van der Waals surface area contributed by atoms with E-state index < -0.39 is 11.7 Å². The molecule has 0 aliphatic heterocycles. The van der Waals surface area contributed by atoms with Gasteiger partial charge >= 0.3 is 0 Å². The number of halogens is 2. The van der Waals surface area contributed by atoms with Crippen LogP contribution < -0.4 is 5.32 Å². The van der Waals surface area contributed by atoms with Gasteiger partial charge in [0.05, 0.1) is 16.3 Å². The minimum Gasteiger partial charge on any atom is -0.319 e. The first-order valence-corrected chi connectivity index (χ1v) is 6.74. The van der Waals surface area contributed by atoms with Gasteiger partial charge in [0.15, 0.2) is 5.82 Å². The van der Waals surface area contributed by atoms with Crippen LogP contribution in [0.2, 0.25) is 5.02 Å². The standard InChI is InChI=1S/C15H10ClFN4O/c16-12-9-10(17)4-5-11(12)15(22)20-13-3-1-6-18-14(13)21-8-2-7-19-21/h1-9H,(H,20,22). The molecule has 1 N–H and O–H groups in total. The van der Waals surface area contributed by atoms with E-state index in [-0.39, 0.29) is 10.6 Å². The second kappa shape index (κ2) is 5.95. The molecule has 0 saturated carbocycles. The molecule has 0 fully saturated rings. The van der Waals surface area contributed by atoms with Crippen LogP contribution >= 0.6 is 11.6 Å². The first-order chi connectivity index (χ1) is 10.6. The fourth-order valence-corrected chi connectivity index (χ4v) is 2.19. The fraction of sp³-hybridized carbons (Fsp3) is 0. The van der Waals surface area contributed by atoms with Gasteiger partial charge in [-0.15, -0.1) is 0 Å². The predicted molar refractivity (Wildman–Crippen MR) is 80.7 cm³/mol. The quantitative estimate of drug-likeness (QED) is 0.806. The van der Waals surface area contributed by atoms with Gasteiger partial charge in [-0.3, -0.25) is 4.79 Å². The highest BCUT2D eigenvalue weighted by molar-refractivity contribution is 6.34. The van der Waals surface area contributed by atoms with Gasteiger partial charge in [-0.2, -0.15) is 5.10 Å². The summed E-state index contributed by atoms with van der Waals surface area (Å²) in [6.07, 6.45) is 4.91. The highest BCUT2D eigenvalue weighted by Gasteiger charge is 2.14. The Hall–Kier alpha value is -2.73. The van der Waals surface area contributed by atoms with Gasteiger partial charge in [-0.1, -0.05) is 11.6 Å². The van der Waals surface area contributed by atoms with Crippen LogP contribution in [0, 0.1) is 5.82 Å². The molecule has 0 atom stereocenters. The normalized spacial score (nSPS) is 10.5. The third-order valence-electron chi connectivity index (χ3n) is 2.93. The molecular weight excluding hydrogens is 307 g/mol. The molecule has 22 heavy (non-hydrogen) atoms. The van der Waals surface area contributed by atoms with Crippen LogP contribution in [0.25, 0.3) is 5.82 Å². The fourth-order valence-electron chi connectivity index (χ4n) is 1.93. The average Bonchev–Trinajstić information content (AvgIpc) is 3.01. The first kappa shape index (κ1) is 14.2. The maximum atomic E-state index is 13.1. The lowest BCUT2D eigenvalue weighted by molar-refractivity contribution is 0.102. The zero-order valence-corrected chi connectivity index (χ0v) is 12.0. The number of nitrogens with zero attached hydrogens (tertiary/aromatic N) is 3. The van der Waals surface area contributed by atoms with E-state index in [2.05, 4.69) is 15.4 Å². The number of pyridine rings is 1. The van der Waals surface area contributed by atoms with Crippen molar-refractivity contribution in [2.75, 3.05) is 5.32 Å². The highest BCUT2D eigenvalue weighted by atomic mass is 35.5. The Morgan fingerprint density at radius 3 is 2.82 bits per heavy atom. The summed E-state index contributed by atoms with van der Waals surface area (Å²) in [7, 11) is 0. The second-order valence-electron chi connectivity index (χ2n) is 4.40. The Bertz CT molecular complexity index is 820. The molecular formula is C15H10ClFN4O. The monoisotopic (exact) mass is 316 g/mol. The zero-order valence-electron chi connectivity index (χ0n) is 11.2. The minimum absolute atomic E-state index is 0.0435. The lowest BCUT2D eigenvalue weighted by Gasteiger charge is -2.10. The molecule has 0 radical (unpaired) electrons. The summed E-state index contributed by atoms with van der Waals surface area (Å²) >= 11 is 5.90.